The third-order valence-electron chi connectivity index (χ3n) is 3.71. The lowest BCUT2D eigenvalue weighted by Crippen LogP contribution is -2.32. The van der Waals surface area contributed by atoms with Gasteiger partial charge in [-0.2, -0.15) is 0 Å². The highest BCUT2D eigenvalue weighted by Gasteiger charge is 2.26. The second-order valence-electron chi connectivity index (χ2n) is 4.83. The molecule has 1 aliphatic carbocycles. The van der Waals surface area contributed by atoms with Crippen molar-refractivity contribution in [2.24, 2.45) is 5.92 Å². The van der Waals surface area contributed by atoms with E-state index in [2.05, 4.69) is 5.32 Å². The Balaban J connectivity index is 2.05. The Labute approximate surface area is 105 Å². The van der Waals surface area contributed by atoms with E-state index in [-0.39, 0.29) is 17.3 Å². The van der Waals surface area contributed by atoms with Crippen LogP contribution in [0.2, 0.25) is 0 Å². The Morgan fingerprint density at radius 2 is 1.83 bits per heavy atom. The number of halogens is 2. The van der Waals surface area contributed by atoms with Gasteiger partial charge in [0, 0.05) is 17.5 Å². The van der Waals surface area contributed by atoms with E-state index in [9.17, 15) is 13.6 Å². The zero-order chi connectivity index (χ0) is 13.1. The molecule has 1 aromatic carbocycles. The van der Waals surface area contributed by atoms with Crippen molar-refractivity contribution in [3.63, 3.8) is 0 Å². The average molecular weight is 253 g/mol. The van der Waals surface area contributed by atoms with Crippen molar-refractivity contribution >= 4 is 5.78 Å². The maximum atomic E-state index is 13.1. The number of Topliss-reactive ketones (excluding diaryl/α,β-unsaturated/α-hetero) is 1. The minimum absolute atomic E-state index is 0.0561. The van der Waals surface area contributed by atoms with E-state index in [1.165, 1.54) is 6.07 Å². The molecule has 1 saturated carbocycles. The molecule has 1 aliphatic rings. The molecule has 0 spiro atoms. The zero-order valence-electron chi connectivity index (χ0n) is 10.4. The highest BCUT2D eigenvalue weighted by atomic mass is 19.2. The second-order valence-corrected chi connectivity index (χ2v) is 4.83. The van der Waals surface area contributed by atoms with Crippen molar-refractivity contribution in [3.8, 4) is 0 Å². The first-order valence-electron chi connectivity index (χ1n) is 6.28. The van der Waals surface area contributed by atoms with Crippen molar-refractivity contribution in [1.82, 2.24) is 5.32 Å². The molecule has 0 bridgehead atoms. The van der Waals surface area contributed by atoms with Gasteiger partial charge in [-0.25, -0.2) is 8.78 Å². The molecule has 0 saturated heterocycles. The Bertz CT molecular complexity index is 439. The van der Waals surface area contributed by atoms with Gasteiger partial charge < -0.3 is 5.32 Å². The number of carbonyl (C=O) groups excluding carboxylic acids is 1. The van der Waals surface area contributed by atoms with Gasteiger partial charge in [-0.05, 0) is 50.9 Å². The second kappa shape index (κ2) is 5.57. The number of carbonyl (C=O) groups is 1. The molecule has 2 rings (SSSR count). The summed E-state index contributed by atoms with van der Waals surface area (Å²) in [6.45, 7) is 0. The molecule has 98 valence electrons. The number of ketones is 1. The molecule has 18 heavy (non-hydrogen) atoms. The van der Waals surface area contributed by atoms with Crippen LogP contribution in [0.15, 0.2) is 18.2 Å². The van der Waals surface area contributed by atoms with Gasteiger partial charge in [0.25, 0.3) is 0 Å². The Morgan fingerprint density at radius 1 is 1.17 bits per heavy atom. The Kier molecular flexibility index (Phi) is 4.07. The van der Waals surface area contributed by atoms with Crippen LogP contribution in [0.1, 0.15) is 36.0 Å². The minimum Gasteiger partial charge on any atom is -0.317 e. The lowest BCUT2D eigenvalue weighted by atomic mass is 9.81. The van der Waals surface area contributed by atoms with Gasteiger partial charge in [0.1, 0.15) is 0 Å². The van der Waals surface area contributed by atoms with E-state index < -0.39 is 11.6 Å². The number of hydrogen-bond acceptors (Lipinski definition) is 2. The number of benzene rings is 1. The van der Waals surface area contributed by atoms with Gasteiger partial charge in [-0.3, -0.25) is 4.79 Å². The Morgan fingerprint density at radius 3 is 2.39 bits per heavy atom. The standard InChI is InChI=1S/C14H17F2NO/c1-17-11-5-2-9(3-6-11)14(18)10-4-7-12(15)13(16)8-10/h4,7-9,11,17H,2-3,5-6H2,1H3. The van der Waals surface area contributed by atoms with E-state index in [0.717, 1.165) is 37.8 Å². The van der Waals surface area contributed by atoms with E-state index >= 15 is 0 Å². The first kappa shape index (κ1) is 13.1. The van der Waals surface area contributed by atoms with Crippen LogP contribution >= 0.6 is 0 Å². The van der Waals surface area contributed by atoms with E-state index in [1.54, 1.807) is 0 Å². The molecular weight excluding hydrogens is 236 g/mol. The first-order chi connectivity index (χ1) is 8.61. The highest BCUT2D eigenvalue weighted by molar-refractivity contribution is 5.97. The molecule has 1 N–H and O–H groups in total. The van der Waals surface area contributed by atoms with Crippen molar-refractivity contribution in [2.45, 2.75) is 31.7 Å². The van der Waals surface area contributed by atoms with E-state index in [1.807, 2.05) is 7.05 Å². The summed E-state index contributed by atoms with van der Waals surface area (Å²) in [4.78, 5) is 12.1. The largest absolute Gasteiger partial charge is 0.317 e. The van der Waals surface area contributed by atoms with Crippen LogP contribution in [0.3, 0.4) is 0 Å². The van der Waals surface area contributed by atoms with Crippen molar-refractivity contribution in [1.29, 1.82) is 0 Å². The van der Waals surface area contributed by atoms with Crippen LogP contribution in [0.4, 0.5) is 8.78 Å². The van der Waals surface area contributed by atoms with Crippen molar-refractivity contribution in [3.05, 3.63) is 35.4 Å². The van der Waals surface area contributed by atoms with E-state index in [0.29, 0.717) is 6.04 Å². The molecule has 0 radical (unpaired) electrons. The average Bonchev–Trinajstić information content (AvgIpc) is 2.41. The maximum Gasteiger partial charge on any atom is 0.166 e. The van der Waals surface area contributed by atoms with Gasteiger partial charge >= 0.3 is 0 Å². The molecule has 4 heteroatoms. The fourth-order valence-corrected chi connectivity index (χ4v) is 2.53. The van der Waals surface area contributed by atoms with Gasteiger partial charge in [0.15, 0.2) is 17.4 Å². The number of rotatable bonds is 3. The fourth-order valence-electron chi connectivity index (χ4n) is 2.53. The van der Waals surface area contributed by atoms with Crippen molar-refractivity contribution < 1.29 is 13.6 Å². The lowest BCUT2D eigenvalue weighted by Gasteiger charge is -2.27. The quantitative estimate of drug-likeness (QED) is 0.839. The summed E-state index contributed by atoms with van der Waals surface area (Å²) in [5.74, 6) is -1.99. The van der Waals surface area contributed by atoms with Gasteiger partial charge in [-0.15, -0.1) is 0 Å². The molecule has 0 aromatic heterocycles. The summed E-state index contributed by atoms with van der Waals surface area (Å²) >= 11 is 0. The third-order valence-corrected chi connectivity index (χ3v) is 3.71. The summed E-state index contributed by atoms with van der Waals surface area (Å²) < 4.78 is 25.9. The molecule has 0 atom stereocenters. The van der Waals surface area contributed by atoms with Crippen LogP contribution in [0.25, 0.3) is 0 Å². The first-order valence-corrected chi connectivity index (χ1v) is 6.28. The normalized spacial score (nSPS) is 23.9. The van der Waals surface area contributed by atoms with Gasteiger partial charge in [0.2, 0.25) is 0 Å². The SMILES string of the molecule is CNC1CCC(C(=O)c2ccc(F)c(F)c2)CC1. The van der Waals surface area contributed by atoms with Crippen LogP contribution in [0, 0.1) is 17.6 Å². The summed E-state index contributed by atoms with van der Waals surface area (Å²) in [5, 5.41) is 3.20. The molecule has 0 unspecified atom stereocenters. The predicted molar refractivity (Wildman–Crippen MR) is 65.5 cm³/mol. The van der Waals surface area contributed by atoms with Gasteiger partial charge in [-0.1, -0.05) is 0 Å². The monoisotopic (exact) mass is 253 g/mol. The summed E-state index contributed by atoms with van der Waals surface area (Å²) in [7, 11) is 1.92. The Hall–Kier alpha value is -1.29. The molecule has 1 aromatic rings. The molecule has 2 nitrogen and oxygen atoms in total. The molecular formula is C14H17F2NO. The predicted octanol–water partition coefficient (Wildman–Crippen LogP) is 2.93. The van der Waals surface area contributed by atoms with Crippen LogP contribution in [-0.4, -0.2) is 18.9 Å². The molecule has 0 amide bonds. The summed E-state index contributed by atoms with van der Waals surface area (Å²) in [5.41, 5.74) is 0.279. The van der Waals surface area contributed by atoms with Gasteiger partial charge in [0.05, 0.1) is 0 Å². The van der Waals surface area contributed by atoms with Crippen LogP contribution in [0.5, 0.6) is 0 Å². The third kappa shape index (κ3) is 2.75. The van der Waals surface area contributed by atoms with Crippen LogP contribution < -0.4 is 5.32 Å². The lowest BCUT2D eigenvalue weighted by molar-refractivity contribution is 0.0880. The molecule has 0 aliphatic heterocycles. The minimum atomic E-state index is -0.954. The molecule has 0 heterocycles. The van der Waals surface area contributed by atoms with Crippen LogP contribution in [-0.2, 0) is 0 Å². The van der Waals surface area contributed by atoms with Crippen molar-refractivity contribution in [2.75, 3.05) is 7.05 Å². The highest BCUT2D eigenvalue weighted by Crippen LogP contribution is 2.27. The summed E-state index contributed by atoms with van der Waals surface area (Å²) in [6, 6.07) is 3.85. The maximum absolute atomic E-state index is 13.1. The smallest absolute Gasteiger partial charge is 0.166 e. The topological polar surface area (TPSA) is 29.1 Å². The summed E-state index contributed by atoms with van der Waals surface area (Å²) in [6.07, 6.45) is 3.53. The number of nitrogens with one attached hydrogen (secondary N) is 1. The number of hydrogen-bond donors (Lipinski definition) is 1. The fraction of sp³-hybridized carbons (Fsp3) is 0.500. The zero-order valence-corrected chi connectivity index (χ0v) is 10.4. The van der Waals surface area contributed by atoms with E-state index in [4.69, 9.17) is 0 Å². The molecule has 1 fully saturated rings.